The van der Waals surface area contributed by atoms with Gasteiger partial charge in [0.2, 0.25) is 5.91 Å². The number of rotatable bonds is 7. The highest BCUT2D eigenvalue weighted by atomic mass is 35.5. The van der Waals surface area contributed by atoms with Crippen LogP contribution in [0.5, 0.6) is 5.75 Å². The lowest BCUT2D eigenvalue weighted by atomic mass is 10.2. The van der Waals surface area contributed by atoms with Crippen LogP contribution in [0.25, 0.3) is 0 Å². The first-order valence-electron chi connectivity index (χ1n) is 6.94. The summed E-state index contributed by atoms with van der Waals surface area (Å²) in [5, 5.41) is 5.94. The summed E-state index contributed by atoms with van der Waals surface area (Å²) in [6, 6.07) is 6.14. The zero-order valence-corrected chi connectivity index (χ0v) is 13.2. The molecule has 0 saturated carbocycles. The Morgan fingerprint density at radius 3 is 2.38 bits per heavy atom. The van der Waals surface area contributed by atoms with Gasteiger partial charge in [0.1, 0.15) is 11.8 Å². The van der Waals surface area contributed by atoms with E-state index in [0.29, 0.717) is 17.3 Å². The topological polar surface area (TPSA) is 67.4 Å². The van der Waals surface area contributed by atoms with Gasteiger partial charge in [0, 0.05) is 11.6 Å². The van der Waals surface area contributed by atoms with Gasteiger partial charge in [0.25, 0.3) is 5.91 Å². The molecule has 0 aliphatic rings. The smallest absolute Gasteiger partial charge is 0.261 e. The number of hydrogen-bond donors (Lipinski definition) is 2. The summed E-state index contributed by atoms with van der Waals surface area (Å²) in [7, 11) is 0. The van der Waals surface area contributed by atoms with Crippen LogP contribution in [0.15, 0.2) is 24.3 Å². The zero-order valence-electron chi connectivity index (χ0n) is 12.5. The first kappa shape index (κ1) is 17.3. The number of benzene rings is 1. The molecule has 0 aliphatic carbocycles. The Balaban J connectivity index is 2.46. The number of hydrogen-bond acceptors (Lipinski definition) is 3. The van der Waals surface area contributed by atoms with Crippen molar-refractivity contribution < 1.29 is 14.3 Å². The van der Waals surface area contributed by atoms with E-state index in [1.54, 1.807) is 38.1 Å². The maximum Gasteiger partial charge on any atom is 0.261 e. The van der Waals surface area contributed by atoms with Gasteiger partial charge in [-0.3, -0.25) is 9.59 Å². The van der Waals surface area contributed by atoms with Gasteiger partial charge in [-0.2, -0.15) is 0 Å². The minimum atomic E-state index is -0.701. The number of carbonyl (C=O) groups excluding carboxylic acids is 2. The van der Waals surface area contributed by atoms with Crippen molar-refractivity contribution in [2.45, 2.75) is 39.3 Å². The lowest BCUT2D eigenvalue weighted by Gasteiger charge is -2.18. The molecule has 1 aromatic carbocycles. The third-order valence-electron chi connectivity index (χ3n) is 2.80. The first-order valence-corrected chi connectivity index (χ1v) is 7.32. The standard InChI is InChI=1S/C15H21ClN2O3/c1-4-9-17-14(19)10(2)18-15(20)11(3)21-13-7-5-12(16)6-8-13/h5-8,10-11H,4,9H2,1-3H3,(H,17,19)(H,18,20)/t10-,11-/m0/s1. The van der Waals surface area contributed by atoms with Crippen LogP contribution >= 0.6 is 11.6 Å². The Morgan fingerprint density at radius 1 is 1.19 bits per heavy atom. The lowest BCUT2D eigenvalue weighted by molar-refractivity contribution is -0.132. The Bertz CT molecular complexity index is 476. The van der Waals surface area contributed by atoms with E-state index >= 15 is 0 Å². The normalized spacial score (nSPS) is 13.1. The molecule has 0 bridgehead atoms. The number of carbonyl (C=O) groups is 2. The second-order valence-corrected chi connectivity index (χ2v) is 5.17. The summed E-state index contributed by atoms with van der Waals surface area (Å²) in [5.74, 6) is -0.00173. The molecule has 0 saturated heterocycles. The molecule has 6 heteroatoms. The van der Waals surface area contributed by atoms with Gasteiger partial charge in [-0.05, 0) is 44.5 Å². The van der Waals surface area contributed by atoms with E-state index < -0.39 is 12.1 Å². The average molecular weight is 313 g/mol. The SMILES string of the molecule is CCCNC(=O)[C@H](C)NC(=O)[C@H](C)Oc1ccc(Cl)cc1. The molecule has 21 heavy (non-hydrogen) atoms. The Labute approximate surface area is 130 Å². The molecule has 0 aromatic heterocycles. The Kier molecular flexibility index (Phi) is 7.02. The third-order valence-corrected chi connectivity index (χ3v) is 3.05. The van der Waals surface area contributed by atoms with Crippen LogP contribution in [-0.2, 0) is 9.59 Å². The molecule has 116 valence electrons. The van der Waals surface area contributed by atoms with E-state index in [-0.39, 0.29) is 11.8 Å². The largest absolute Gasteiger partial charge is 0.481 e. The van der Waals surface area contributed by atoms with Crippen molar-refractivity contribution in [3.63, 3.8) is 0 Å². The molecule has 0 heterocycles. The van der Waals surface area contributed by atoms with Gasteiger partial charge < -0.3 is 15.4 Å². The molecule has 0 fully saturated rings. The predicted molar refractivity (Wildman–Crippen MR) is 82.4 cm³/mol. The van der Waals surface area contributed by atoms with Crippen molar-refractivity contribution in [1.29, 1.82) is 0 Å². The van der Waals surface area contributed by atoms with Gasteiger partial charge in [-0.25, -0.2) is 0 Å². The van der Waals surface area contributed by atoms with Gasteiger partial charge in [0.15, 0.2) is 6.10 Å². The quantitative estimate of drug-likeness (QED) is 0.810. The zero-order chi connectivity index (χ0) is 15.8. The van der Waals surface area contributed by atoms with E-state index in [9.17, 15) is 9.59 Å². The van der Waals surface area contributed by atoms with Crippen LogP contribution in [0.3, 0.4) is 0 Å². The van der Waals surface area contributed by atoms with Gasteiger partial charge in [-0.15, -0.1) is 0 Å². The summed E-state index contributed by atoms with van der Waals surface area (Å²) >= 11 is 5.78. The van der Waals surface area contributed by atoms with E-state index in [1.165, 1.54) is 0 Å². The Hall–Kier alpha value is -1.75. The lowest BCUT2D eigenvalue weighted by Crippen LogP contribution is -2.48. The molecule has 0 unspecified atom stereocenters. The molecular weight excluding hydrogens is 292 g/mol. The maximum atomic E-state index is 12.0. The first-order chi connectivity index (χ1) is 9.93. The van der Waals surface area contributed by atoms with Crippen molar-refractivity contribution in [3.8, 4) is 5.75 Å². The molecule has 0 radical (unpaired) electrons. The van der Waals surface area contributed by atoms with Gasteiger partial charge in [0.05, 0.1) is 0 Å². The minimum absolute atomic E-state index is 0.205. The highest BCUT2D eigenvalue weighted by molar-refractivity contribution is 6.30. The minimum Gasteiger partial charge on any atom is -0.481 e. The predicted octanol–water partition coefficient (Wildman–Crippen LogP) is 2.14. The van der Waals surface area contributed by atoms with Crippen LogP contribution in [-0.4, -0.2) is 30.5 Å². The Morgan fingerprint density at radius 2 is 1.81 bits per heavy atom. The number of nitrogens with one attached hydrogen (secondary N) is 2. The fraction of sp³-hybridized carbons (Fsp3) is 0.467. The summed E-state index contributed by atoms with van der Waals surface area (Å²) in [6.07, 6.45) is 0.148. The summed E-state index contributed by atoms with van der Waals surface area (Å²) in [6.45, 7) is 5.82. The fourth-order valence-corrected chi connectivity index (χ4v) is 1.69. The van der Waals surface area contributed by atoms with Gasteiger partial charge >= 0.3 is 0 Å². The second-order valence-electron chi connectivity index (χ2n) is 4.74. The van der Waals surface area contributed by atoms with E-state index in [1.807, 2.05) is 6.92 Å². The fourth-order valence-electron chi connectivity index (χ4n) is 1.57. The summed E-state index contributed by atoms with van der Waals surface area (Å²) in [5.41, 5.74) is 0. The summed E-state index contributed by atoms with van der Waals surface area (Å²) < 4.78 is 5.49. The van der Waals surface area contributed by atoms with Crippen LogP contribution in [0.4, 0.5) is 0 Å². The molecule has 2 atom stereocenters. The van der Waals surface area contributed by atoms with Crippen molar-refractivity contribution in [3.05, 3.63) is 29.3 Å². The van der Waals surface area contributed by atoms with Crippen molar-refractivity contribution in [2.75, 3.05) is 6.54 Å². The molecule has 1 aromatic rings. The molecule has 5 nitrogen and oxygen atoms in total. The molecular formula is C15H21ClN2O3. The van der Waals surface area contributed by atoms with E-state index in [0.717, 1.165) is 6.42 Å². The van der Waals surface area contributed by atoms with Gasteiger partial charge in [-0.1, -0.05) is 18.5 Å². The number of halogens is 1. The molecule has 0 aliphatic heterocycles. The van der Waals surface area contributed by atoms with Crippen molar-refractivity contribution in [2.24, 2.45) is 0 Å². The second kappa shape index (κ2) is 8.52. The van der Waals surface area contributed by atoms with Crippen LogP contribution in [0, 0.1) is 0 Å². The average Bonchev–Trinajstić information content (AvgIpc) is 2.46. The highest BCUT2D eigenvalue weighted by Gasteiger charge is 2.20. The molecule has 2 N–H and O–H groups in total. The van der Waals surface area contributed by atoms with E-state index in [4.69, 9.17) is 16.3 Å². The van der Waals surface area contributed by atoms with Crippen molar-refractivity contribution >= 4 is 23.4 Å². The summed E-state index contributed by atoms with van der Waals surface area (Å²) in [4.78, 5) is 23.6. The third kappa shape index (κ3) is 6.04. The highest BCUT2D eigenvalue weighted by Crippen LogP contribution is 2.16. The monoisotopic (exact) mass is 312 g/mol. The van der Waals surface area contributed by atoms with Crippen LogP contribution in [0.1, 0.15) is 27.2 Å². The molecule has 0 spiro atoms. The van der Waals surface area contributed by atoms with E-state index in [2.05, 4.69) is 10.6 Å². The van der Waals surface area contributed by atoms with Crippen LogP contribution < -0.4 is 15.4 Å². The number of amides is 2. The molecule has 1 rings (SSSR count). The van der Waals surface area contributed by atoms with Crippen LogP contribution in [0.2, 0.25) is 5.02 Å². The molecule has 2 amide bonds. The van der Waals surface area contributed by atoms with Crippen molar-refractivity contribution in [1.82, 2.24) is 10.6 Å². The maximum absolute atomic E-state index is 12.0. The number of ether oxygens (including phenoxy) is 1.